The highest BCUT2D eigenvalue weighted by Crippen LogP contribution is 2.29. The van der Waals surface area contributed by atoms with Gasteiger partial charge >= 0.3 is 5.97 Å². The number of hydrogen-bond donors (Lipinski definition) is 1. The first kappa shape index (κ1) is 19.7. The first-order valence-electron chi connectivity index (χ1n) is 8.99. The van der Waals surface area contributed by atoms with Crippen molar-refractivity contribution in [3.63, 3.8) is 0 Å². The molecule has 148 valence electrons. The van der Waals surface area contributed by atoms with Crippen LogP contribution in [0.1, 0.15) is 53.9 Å². The maximum atomic E-state index is 12.8. The van der Waals surface area contributed by atoms with E-state index in [0.29, 0.717) is 23.0 Å². The number of carbonyl (C=O) groups is 2. The number of aryl methyl sites for hydroxylation is 1. The minimum Gasteiger partial charge on any atom is -0.478 e. The Morgan fingerprint density at radius 3 is 2.61 bits per heavy atom. The van der Waals surface area contributed by atoms with Crippen LogP contribution in [0.25, 0.3) is 6.08 Å². The molecule has 0 unspecified atom stereocenters. The van der Waals surface area contributed by atoms with E-state index in [2.05, 4.69) is 25.8 Å². The van der Waals surface area contributed by atoms with E-state index < -0.39 is 5.97 Å². The molecule has 0 spiro atoms. The van der Waals surface area contributed by atoms with Gasteiger partial charge in [0.2, 0.25) is 5.88 Å². The van der Waals surface area contributed by atoms with Crippen molar-refractivity contribution in [2.75, 3.05) is 13.7 Å². The van der Waals surface area contributed by atoms with Crippen LogP contribution in [0.5, 0.6) is 5.88 Å². The molecule has 0 aliphatic carbocycles. The highest BCUT2D eigenvalue weighted by Gasteiger charge is 2.24. The Hall–Kier alpha value is -3.09. The monoisotopic (exact) mass is 384 g/mol. The molecule has 0 saturated heterocycles. The highest BCUT2D eigenvalue weighted by molar-refractivity contribution is 5.98. The van der Waals surface area contributed by atoms with Gasteiger partial charge in [0.05, 0.1) is 12.1 Å². The maximum Gasteiger partial charge on any atom is 0.339 e. The summed E-state index contributed by atoms with van der Waals surface area (Å²) in [5.41, 5.74) is 2.20. The van der Waals surface area contributed by atoms with Gasteiger partial charge in [0.25, 0.3) is 5.91 Å². The first-order chi connectivity index (χ1) is 13.1. The Labute approximate surface area is 163 Å². The molecule has 1 N–H and O–H groups in total. The average Bonchev–Trinajstić information content (AvgIpc) is 2.99. The van der Waals surface area contributed by atoms with Crippen LogP contribution in [0.15, 0.2) is 28.2 Å². The molecule has 7 heteroatoms. The number of carbonyl (C=O) groups excluding carboxylic acids is 1. The number of ether oxygens (including phenoxy) is 1. The minimum absolute atomic E-state index is 0.0889. The van der Waals surface area contributed by atoms with Gasteiger partial charge in [0.1, 0.15) is 23.7 Å². The molecule has 1 aliphatic heterocycles. The van der Waals surface area contributed by atoms with E-state index in [-0.39, 0.29) is 30.0 Å². The summed E-state index contributed by atoms with van der Waals surface area (Å²) >= 11 is 0. The second kappa shape index (κ2) is 7.14. The van der Waals surface area contributed by atoms with Crippen LogP contribution in [0.4, 0.5) is 0 Å². The fourth-order valence-corrected chi connectivity index (χ4v) is 2.98. The molecule has 0 atom stereocenters. The predicted octanol–water partition coefficient (Wildman–Crippen LogP) is 3.41. The van der Waals surface area contributed by atoms with E-state index >= 15 is 0 Å². The number of carboxylic acids is 1. The molecule has 3 heterocycles. The van der Waals surface area contributed by atoms with E-state index in [1.165, 1.54) is 11.0 Å². The van der Waals surface area contributed by atoms with E-state index in [1.54, 1.807) is 20.0 Å². The summed E-state index contributed by atoms with van der Waals surface area (Å²) in [6, 6.07) is 5.29. The van der Waals surface area contributed by atoms with Crippen molar-refractivity contribution < 1.29 is 23.8 Å². The largest absolute Gasteiger partial charge is 0.478 e. The van der Waals surface area contributed by atoms with Gasteiger partial charge in [-0.3, -0.25) is 4.79 Å². The van der Waals surface area contributed by atoms with Crippen LogP contribution in [-0.4, -0.2) is 40.5 Å². The third-order valence-electron chi connectivity index (χ3n) is 4.57. The lowest BCUT2D eigenvalue weighted by Crippen LogP contribution is -2.30. The summed E-state index contributed by atoms with van der Waals surface area (Å²) in [6.45, 7) is 8.12. The second-order valence-electron chi connectivity index (χ2n) is 7.95. The number of aromatic nitrogens is 1. The average molecular weight is 384 g/mol. The molecule has 0 fully saturated rings. The zero-order valence-electron chi connectivity index (χ0n) is 16.7. The maximum absolute atomic E-state index is 12.8. The Morgan fingerprint density at radius 1 is 1.29 bits per heavy atom. The molecular formula is C21H24N2O5. The minimum atomic E-state index is -1.05. The third kappa shape index (κ3) is 3.93. The predicted molar refractivity (Wildman–Crippen MR) is 103 cm³/mol. The van der Waals surface area contributed by atoms with E-state index in [4.69, 9.17) is 14.3 Å². The summed E-state index contributed by atoms with van der Waals surface area (Å²) in [7, 11) is 1.64. The van der Waals surface area contributed by atoms with Gasteiger partial charge in [0.15, 0.2) is 0 Å². The number of aromatic carboxylic acids is 1. The molecule has 7 nitrogen and oxygen atoms in total. The van der Waals surface area contributed by atoms with Gasteiger partial charge in [-0.1, -0.05) is 20.8 Å². The van der Waals surface area contributed by atoms with Gasteiger partial charge in [-0.25, -0.2) is 9.78 Å². The first-order valence-corrected chi connectivity index (χ1v) is 8.99. The summed E-state index contributed by atoms with van der Waals surface area (Å²) in [5.74, 6) is -0.00218. The molecule has 1 amide bonds. The smallest absolute Gasteiger partial charge is 0.339 e. The molecule has 2 aromatic heterocycles. The van der Waals surface area contributed by atoms with E-state index in [9.17, 15) is 9.59 Å². The molecule has 0 saturated carbocycles. The van der Waals surface area contributed by atoms with Crippen molar-refractivity contribution in [3.05, 3.63) is 52.1 Å². The molecule has 1 aliphatic rings. The van der Waals surface area contributed by atoms with Crippen molar-refractivity contribution in [3.8, 4) is 5.88 Å². The summed E-state index contributed by atoms with van der Waals surface area (Å²) in [6.07, 6.45) is 1.78. The number of likely N-dealkylation sites (N-methyl/N-ethyl adjacent to an activating group) is 1. The van der Waals surface area contributed by atoms with E-state index in [0.717, 1.165) is 11.3 Å². The van der Waals surface area contributed by atoms with Crippen LogP contribution in [-0.2, 0) is 16.8 Å². The van der Waals surface area contributed by atoms with Crippen molar-refractivity contribution in [2.24, 2.45) is 0 Å². The van der Waals surface area contributed by atoms with Crippen molar-refractivity contribution in [1.82, 2.24) is 9.88 Å². The van der Waals surface area contributed by atoms with Crippen LogP contribution in [0, 0.1) is 6.92 Å². The Kier molecular flexibility index (Phi) is 5.02. The number of carboxylic acid groups (broad SMARTS) is 1. The fraction of sp³-hybridized carbons (Fsp3) is 0.381. The van der Waals surface area contributed by atoms with Gasteiger partial charge < -0.3 is 19.2 Å². The Morgan fingerprint density at radius 2 is 2.00 bits per heavy atom. The third-order valence-corrected chi connectivity index (χ3v) is 4.57. The van der Waals surface area contributed by atoms with E-state index in [1.807, 2.05) is 12.1 Å². The van der Waals surface area contributed by atoms with Gasteiger partial charge in [-0.05, 0) is 31.2 Å². The Balaban J connectivity index is 1.76. The Bertz CT molecular complexity index is 966. The lowest BCUT2D eigenvalue weighted by atomic mass is 9.91. The number of amides is 1. The normalized spacial score (nSPS) is 13.4. The quantitative estimate of drug-likeness (QED) is 0.868. The number of furan rings is 1. The van der Waals surface area contributed by atoms with Crippen molar-refractivity contribution in [2.45, 2.75) is 39.7 Å². The number of nitrogens with zero attached hydrogens (tertiary/aromatic N) is 2. The lowest BCUT2D eigenvalue weighted by Gasteiger charge is -2.23. The molecule has 0 radical (unpaired) electrons. The highest BCUT2D eigenvalue weighted by atomic mass is 16.5. The molecule has 0 aromatic carbocycles. The van der Waals surface area contributed by atoms with Crippen molar-refractivity contribution >= 4 is 18.0 Å². The van der Waals surface area contributed by atoms with Crippen LogP contribution in [0.3, 0.4) is 0 Å². The number of fused-ring (bicyclic) bond motifs is 1. The molecule has 3 rings (SSSR count). The topological polar surface area (TPSA) is 92.9 Å². The molecular weight excluding hydrogens is 360 g/mol. The zero-order chi connectivity index (χ0) is 20.6. The molecule has 2 aromatic rings. The number of pyridine rings is 1. The summed E-state index contributed by atoms with van der Waals surface area (Å²) in [4.78, 5) is 29.9. The van der Waals surface area contributed by atoms with Gasteiger partial charge in [-0.2, -0.15) is 0 Å². The van der Waals surface area contributed by atoms with Crippen LogP contribution in [0.2, 0.25) is 0 Å². The number of hydrogen-bond acceptors (Lipinski definition) is 5. The fourth-order valence-electron chi connectivity index (χ4n) is 2.98. The molecule has 0 bridgehead atoms. The zero-order valence-corrected chi connectivity index (χ0v) is 16.7. The van der Waals surface area contributed by atoms with Crippen LogP contribution < -0.4 is 4.74 Å². The van der Waals surface area contributed by atoms with Gasteiger partial charge in [-0.15, -0.1) is 0 Å². The summed E-state index contributed by atoms with van der Waals surface area (Å²) in [5, 5.41) is 9.12. The van der Waals surface area contributed by atoms with Crippen LogP contribution >= 0.6 is 0 Å². The summed E-state index contributed by atoms with van der Waals surface area (Å²) < 4.78 is 11.2. The van der Waals surface area contributed by atoms with Gasteiger partial charge in [0, 0.05) is 23.7 Å². The standard InChI is InChI=1S/C21H24N2O5/c1-12-16(20(25)26)9-15(28-12)10-23(5)19(24)14-8-13-6-7-17(21(2,3)4)22-18(13)27-11-14/h6-9H,10-11H2,1-5H3,(H,25,26). The molecule has 28 heavy (non-hydrogen) atoms. The van der Waals surface area contributed by atoms with Crippen molar-refractivity contribution in [1.29, 1.82) is 0 Å². The SMILES string of the molecule is Cc1oc(CN(C)C(=O)C2=Cc3ccc(C(C)(C)C)nc3OC2)cc1C(=O)O. The number of rotatable bonds is 4. The second-order valence-corrected chi connectivity index (χ2v) is 7.95. The lowest BCUT2D eigenvalue weighted by molar-refractivity contribution is -0.126.